The molecule has 1 saturated carbocycles. The number of hydrogen-bond donors (Lipinski definition) is 2. The Hall–Kier alpha value is -1.62. The van der Waals surface area contributed by atoms with Crippen molar-refractivity contribution < 1.29 is 24.5 Å². The van der Waals surface area contributed by atoms with E-state index in [1.54, 1.807) is 0 Å². The second kappa shape index (κ2) is 16.4. The Kier molecular flexibility index (Phi) is 13.2. The zero-order chi connectivity index (χ0) is 26.5. The molecule has 1 aromatic rings. The molecular weight excluding hydrogens is 490 g/mol. The van der Waals surface area contributed by atoms with Gasteiger partial charge >= 0.3 is 5.97 Å². The van der Waals surface area contributed by atoms with E-state index in [9.17, 15) is 15.0 Å². The summed E-state index contributed by atoms with van der Waals surface area (Å²) in [4.78, 5) is 14.2. The number of benzene rings is 1. The van der Waals surface area contributed by atoms with Gasteiger partial charge in [-0.25, -0.2) is 0 Å². The van der Waals surface area contributed by atoms with Crippen LogP contribution in [0, 0.1) is 17.8 Å². The van der Waals surface area contributed by atoms with Gasteiger partial charge in [-0.2, -0.15) is 0 Å². The maximum Gasteiger partial charge on any atom is 0.305 e. The number of rotatable bonds is 13. The normalized spacial score (nSPS) is 24.9. The van der Waals surface area contributed by atoms with Gasteiger partial charge in [-0.05, 0) is 36.3 Å². The minimum atomic E-state index is -0.498. The molecule has 0 bridgehead atoms. The van der Waals surface area contributed by atoms with Crippen molar-refractivity contribution in [3.05, 3.63) is 35.4 Å². The second-order valence-corrected chi connectivity index (χ2v) is 10.8. The highest BCUT2D eigenvalue weighted by Gasteiger charge is 2.41. The molecule has 6 nitrogen and oxygen atoms in total. The Bertz CT molecular complexity index is 861. The highest BCUT2D eigenvalue weighted by Crippen LogP contribution is 2.44. The van der Waals surface area contributed by atoms with Crippen LogP contribution in [0.25, 0.3) is 0 Å². The van der Waals surface area contributed by atoms with Crippen LogP contribution in [0.3, 0.4) is 0 Å². The number of nitrogens with zero attached hydrogens (tertiary/aromatic N) is 1. The summed E-state index contributed by atoms with van der Waals surface area (Å²) in [5.74, 6) is 6.24. The van der Waals surface area contributed by atoms with Crippen molar-refractivity contribution >= 4 is 17.6 Å². The van der Waals surface area contributed by atoms with Crippen molar-refractivity contribution in [3.63, 3.8) is 0 Å². The molecule has 3 rings (SSSR count). The molecule has 0 unspecified atom stereocenters. The van der Waals surface area contributed by atoms with E-state index in [2.05, 4.69) is 23.7 Å². The number of esters is 1. The number of hydrogen-bond acceptors (Lipinski definition) is 6. The molecule has 2 fully saturated rings. The smallest absolute Gasteiger partial charge is 0.305 e. The zero-order valence-electron chi connectivity index (χ0n) is 22.2. The summed E-state index contributed by atoms with van der Waals surface area (Å²) in [6.07, 6.45) is 5.96. The minimum absolute atomic E-state index is 0.0645. The quantitative estimate of drug-likeness (QED) is 0.164. The summed E-state index contributed by atoms with van der Waals surface area (Å²) in [5, 5.41) is 21.0. The number of carbonyl (C=O) groups is 1. The maximum atomic E-state index is 12.0. The third kappa shape index (κ3) is 9.89. The van der Waals surface area contributed by atoms with Crippen molar-refractivity contribution in [2.75, 3.05) is 39.5 Å². The topological polar surface area (TPSA) is 79.2 Å². The fraction of sp³-hybridized carbons (Fsp3) is 0.700. The van der Waals surface area contributed by atoms with Crippen LogP contribution in [-0.2, 0) is 14.3 Å². The van der Waals surface area contributed by atoms with E-state index < -0.39 is 12.2 Å². The SMILES string of the molecule is CCCCC[C@@H](O)c1ccc([C@@H]2[C@@H](CC#CCCCC(=O)OCCN3CCOCC3)[C@H](Cl)C[C@H]2O)cc1. The number of alkyl halides is 1. The molecule has 1 aliphatic heterocycles. The van der Waals surface area contributed by atoms with Crippen LogP contribution in [0.1, 0.15) is 87.9 Å². The van der Waals surface area contributed by atoms with Gasteiger partial charge in [0.2, 0.25) is 0 Å². The molecule has 2 N–H and O–H groups in total. The number of aliphatic hydroxyl groups is 2. The molecule has 1 heterocycles. The van der Waals surface area contributed by atoms with Crippen LogP contribution in [0.4, 0.5) is 0 Å². The molecule has 1 aromatic carbocycles. The second-order valence-electron chi connectivity index (χ2n) is 10.3. The first kappa shape index (κ1) is 29.9. The van der Waals surface area contributed by atoms with Crippen LogP contribution in [-0.4, -0.2) is 72.0 Å². The van der Waals surface area contributed by atoms with Gasteiger partial charge < -0.3 is 19.7 Å². The summed E-state index contributed by atoms with van der Waals surface area (Å²) in [6.45, 7) is 6.60. The van der Waals surface area contributed by atoms with Crippen molar-refractivity contribution in [1.29, 1.82) is 0 Å². The number of morpholine rings is 1. The fourth-order valence-corrected chi connectivity index (χ4v) is 5.69. The highest BCUT2D eigenvalue weighted by atomic mass is 35.5. The lowest BCUT2D eigenvalue weighted by Gasteiger charge is -2.26. The Morgan fingerprint density at radius 1 is 1.19 bits per heavy atom. The van der Waals surface area contributed by atoms with Crippen LogP contribution >= 0.6 is 11.6 Å². The largest absolute Gasteiger partial charge is 0.464 e. The molecular formula is C30H44ClNO5. The third-order valence-corrected chi connectivity index (χ3v) is 8.02. The molecule has 1 aliphatic carbocycles. The zero-order valence-corrected chi connectivity index (χ0v) is 23.0. The number of aliphatic hydroxyl groups excluding tert-OH is 2. The van der Waals surface area contributed by atoms with Gasteiger partial charge in [-0.3, -0.25) is 9.69 Å². The van der Waals surface area contributed by atoms with Crippen molar-refractivity contribution in [2.24, 2.45) is 5.92 Å². The van der Waals surface area contributed by atoms with Gasteiger partial charge in [-0.15, -0.1) is 23.4 Å². The van der Waals surface area contributed by atoms with Gasteiger partial charge in [0.15, 0.2) is 0 Å². The third-order valence-electron chi connectivity index (χ3n) is 7.51. The number of carbonyl (C=O) groups excluding carboxylic acids is 1. The summed E-state index contributed by atoms with van der Waals surface area (Å²) in [5.41, 5.74) is 1.97. The Labute approximate surface area is 227 Å². The Morgan fingerprint density at radius 3 is 2.68 bits per heavy atom. The average molecular weight is 534 g/mol. The molecule has 7 heteroatoms. The first-order valence-corrected chi connectivity index (χ1v) is 14.4. The van der Waals surface area contributed by atoms with Crippen molar-refractivity contribution in [3.8, 4) is 11.8 Å². The van der Waals surface area contributed by atoms with Gasteiger partial charge in [0.05, 0.1) is 25.4 Å². The maximum absolute atomic E-state index is 12.0. The van der Waals surface area contributed by atoms with E-state index in [1.165, 1.54) is 0 Å². The lowest BCUT2D eigenvalue weighted by Crippen LogP contribution is -2.38. The number of unbranched alkanes of at least 4 members (excludes halogenated alkanes) is 3. The molecule has 1 saturated heterocycles. The van der Waals surface area contributed by atoms with Crippen LogP contribution < -0.4 is 0 Å². The molecule has 2 aliphatic rings. The summed E-state index contributed by atoms with van der Waals surface area (Å²) < 4.78 is 10.7. The van der Waals surface area contributed by atoms with Crippen molar-refractivity contribution in [1.82, 2.24) is 4.90 Å². The number of halogens is 1. The van der Waals surface area contributed by atoms with Gasteiger partial charge in [0.1, 0.15) is 6.61 Å². The molecule has 0 amide bonds. The van der Waals surface area contributed by atoms with E-state index in [0.717, 1.165) is 69.7 Å². The molecule has 0 aromatic heterocycles. The first-order chi connectivity index (χ1) is 18.0. The van der Waals surface area contributed by atoms with Crippen LogP contribution in [0.15, 0.2) is 24.3 Å². The van der Waals surface area contributed by atoms with Gasteiger partial charge in [0.25, 0.3) is 0 Å². The van der Waals surface area contributed by atoms with Crippen molar-refractivity contribution in [2.45, 2.75) is 88.2 Å². The van der Waals surface area contributed by atoms with Crippen LogP contribution in [0.2, 0.25) is 0 Å². The van der Waals surface area contributed by atoms with E-state index in [4.69, 9.17) is 21.1 Å². The monoisotopic (exact) mass is 533 g/mol. The number of ether oxygens (including phenoxy) is 2. The van der Waals surface area contributed by atoms with Crippen LogP contribution in [0.5, 0.6) is 0 Å². The average Bonchev–Trinajstić information content (AvgIpc) is 3.19. The fourth-order valence-electron chi connectivity index (χ4n) is 5.27. The predicted octanol–water partition coefficient (Wildman–Crippen LogP) is 4.81. The highest BCUT2D eigenvalue weighted by molar-refractivity contribution is 6.21. The van der Waals surface area contributed by atoms with E-state index in [0.29, 0.717) is 38.7 Å². The summed E-state index contributed by atoms with van der Waals surface area (Å²) in [7, 11) is 0. The first-order valence-electron chi connectivity index (χ1n) is 14.0. The minimum Gasteiger partial charge on any atom is -0.464 e. The standard InChI is InChI=1S/C30H44ClNO5/c1-2-3-6-10-27(33)23-12-14-24(15-13-23)30-25(26(31)22-28(30)34)9-7-4-5-8-11-29(35)37-21-18-32-16-19-36-20-17-32/h12-15,25-28,30,33-34H,2-3,5-6,8-11,16-22H2,1H3/t25-,26+,27+,28+,30+/m0/s1. The summed E-state index contributed by atoms with van der Waals surface area (Å²) in [6, 6.07) is 7.99. The molecule has 37 heavy (non-hydrogen) atoms. The van der Waals surface area contributed by atoms with E-state index in [-0.39, 0.29) is 23.2 Å². The Morgan fingerprint density at radius 2 is 1.95 bits per heavy atom. The summed E-state index contributed by atoms with van der Waals surface area (Å²) >= 11 is 6.62. The molecule has 0 spiro atoms. The lowest BCUT2D eigenvalue weighted by molar-refractivity contribution is -0.144. The van der Waals surface area contributed by atoms with E-state index >= 15 is 0 Å². The van der Waals surface area contributed by atoms with Gasteiger partial charge in [-0.1, -0.05) is 50.5 Å². The molecule has 5 atom stereocenters. The predicted molar refractivity (Wildman–Crippen MR) is 147 cm³/mol. The molecule has 0 radical (unpaired) electrons. The van der Waals surface area contributed by atoms with Gasteiger partial charge in [0, 0.05) is 50.2 Å². The lowest BCUT2D eigenvalue weighted by atomic mass is 9.85. The molecule has 206 valence electrons. The Balaban J connectivity index is 1.40. The van der Waals surface area contributed by atoms with E-state index in [1.807, 2.05) is 24.3 Å².